The highest BCUT2D eigenvalue weighted by atomic mass is 35.5. The molecular formula is C19H26Cl2N2O2. The Morgan fingerprint density at radius 3 is 2.32 bits per heavy atom. The molecule has 1 heterocycles. The molecule has 1 aliphatic rings. The summed E-state index contributed by atoms with van der Waals surface area (Å²) in [6.07, 6.45) is 1.38. The Balaban J connectivity index is 1.91. The van der Waals surface area contributed by atoms with Crippen molar-refractivity contribution in [3.8, 4) is 0 Å². The molecule has 0 aliphatic carbocycles. The number of benzene rings is 1. The second-order valence-electron chi connectivity index (χ2n) is 7.71. The number of hydrogen-bond donors (Lipinski definition) is 1. The largest absolute Gasteiger partial charge is 0.349 e. The molecule has 0 radical (unpaired) electrons. The molecule has 1 atom stereocenters. The van der Waals surface area contributed by atoms with Gasteiger partial charge in [-0.2, -0.15) is 0 Å². The highest BCUT2D eigenvalue weighted by molar-refractivity contribution is 6.35. The van der Waals surface area contributed by atoms with Gasteiger partial charge in [-0.05, 0) is 37.5 Å². The smallest absolute Gasteiger partial charge is 0.227 e. The van der Waals surface area contributed by atoms with Gasteiger partial charge in [-0.1, -0.05) is 50.0 Å². The van der Waals surface area contributed by atoms with Gasteiger partial charge in [-0.15, -0.1) is 0 Å². The third kappa shape index (κ3) is 5.11. The number of hydrogen-bond acceptors (Lipinski definition) is 2. The molecule has 6 heteroatoms. The molecule has 1 aromatic carbocycles. The molecule has 0 aromatic heterocycles. The predicted octanol–water partition coefficient (Wildman–Crippen LogP) is 4.46. The lowest BCUT2D eigenvalue weighted by molar-refractivity contribution is -0.142. The SMILES string of the molecule is CC(NC(=O)C1CCN(C(=O)C(C)(C)C)CC1)c1ccc(Cl)cc1Cl. The Hall–Kier alpha value is -1.26. The van der Waals surface area contributed by atoms with Crippen LogP contribution in [0.1, 0.15) is 52.1 Å². The van der Waals surface area contributed by atoms with E-state index in [0.29, 0.717) is 36.0 Å². The number of nitrogens with zero attached hydrogens (tertiary/aromatic N) is 1. The van der Waals surface area contributed by atoms with Crippen molar-refractivity contribution in [2.24, 2.45) is 11.3 Å². The number of halogens is 2. The standard InChI is InChI=1S/C19H26Cl2N2O2/c1-12(15-6-5-14(20)11-16(15)21)22-17(24)13-7-9-23(10-8-13)18(25)19(2,3)4/h5-6,11-13H,7-10H2,1-4H3,(H,22,24). The van der Waals surface area contributed by atoms with Gasteiger partial charge in [0.05, 0.1) is 6.04 Å². The monoisotopic (exact) mass is 384 g/mol. The molecule has 2 rings (SSSR count). The molecule has 1 N–H and O–H groups in total. The van der Waals surface area contributed by atoms with Crippen LogP contribution in [0.15, 0.2) is 18.2 Å². The van der Waals surface area contributed by atoms with E-state index in [1.54, 1.807) is 12.1 Å². The van der Waals surface area contributed by atoms with Gasteiger partial charge in [0.2, 0.25) is 11.8 Å². The number of carbonyl (C=O) groups is 2. The molecular weight excluding hydrogens is 359 g/mol. The molecule has 138 valence electrons. The lowest BCUT2D eigenvalue weighted by Gasteiger charge is -2.35. The summed E-state index contributed by atoms with van der Waals surface area (Å²) < 4.78 is 0. The van der Waals surface area contributed by atoms with Crippen LogP contribution < -0.4 is 5.32 Å². The average Bonchev–Trinajstić information content (AvgIpc) is 2.53. The maximum Gasteiger partial charge on any atom is 0.227 e. The van der Waals surface area contributed by atoms with Gasteiger partial charge in [0, 0.05) is 34.5 Å². The Morgan fingerprint density at radius 1 is 1.20 bits per heavy atom. The lowest BCUT2D eigenvalue weighted by atomic mass is 9.90. The van der Waals surface area contributed by atoms with E-state index in [2.05, 4.69) is 5.32 Å². The molecule has 25 heavy (non-hydrogen) atoms. The topological polar surface area (TPSA) is 49.4 Å². The summed E-state index contributed by atoms with van der Waals surface area (Å²) in [5.41, 5.74) is 0.467. The fourth-order valence-electron chi connectivity index (χ4n) is 3.08. The van der Waals surface area contributed by atoms with E-state index in [9.17, 15) is 9.59 Å². The van der Waals surface area contributed by atoms with Crippen LogP contribution in [0.25, 0.3) is 0 Å². The fraction of sp³-hybridized carbons (Fsp3) is 0.579. The molecule has 0 saturated carbocycles. The molecule has 0 spiro atoms. The van der Waals surface area contributed by atoms with Crippen LogP contribution in [-0.4, -0.2) is 29.8 Å². The molecule has 1 aliphatic heterocycles. The third-order valence-electron chi connectivity index (χ3n) is 4.58. The van der Waals surface area contributed by atoms with Crippen molar-refractivity contribution < 1.29 is 9.59 Å². The summed E-state index contributed by atoms with van der Waals surface area (Å²) in [6, 6.07) is 5.09. The van der Waals surface area contributed by atoms with Crippen molar-refractivity contribution in [2.75, 3.05) is 13.1 Å². The van der Waals surface area contributed by atoms with Gasteiger partial charge in [0.1, 0.15) is 0 Å². The fourth-order valence-corrected chi connectivity index (χ4v) is 3.65. The van der Waals surface area contributed by atoms with E-state index in [1.165, 1.54) is 0 Å². The van der Waals surface area contributed by atoms with E-state index in [1.807, 2.05) is 38.7 Å². The van der Waals surface area contributed by atoms with Gasteiger partial charge in [-0.3, -0.25) is 9.59 Å². The van der Waals surface area contributed by atoms with E-state index in [-0.39, 0.29) is 29.2 Å². The minimum Gasteiger partial charge on any atom is -0.349 e. The lowest BCUT2D eigenvalue weighted by Crippen LogP contribution is -2.46. The van der Waals surface area contributed by atoms with Crippen molar-refractivity contribution in [3.05, 3.63) is 33.8 Å². The first-order valence-corrected chi connectivity index (χ1v) is 9.40. The number of likely N-dealkylation sites (tertiary alicyclic amines) is 1. The summed E-state index contributed by atoms with van der Waals surface area (Å²) in [4.78, 5) is 26.7. The first-order chi connectivity index (χ1) is 11.6. The van der Waals surface area contributed by atoms with E-state index >= 15 is 0 Å². The quantitative estimate of drug-likeness (QED) is 0.836. The second kappa shape index (κ2) is 7.96. The Morgan fingerprint density at radius 2 is 1.80 bits per heavy atom. The van der Waals surface area contributed by atoms with Crippen molar-refractivity contribution in [3.63, 3.8) is 0 Å². The third-order valence-corrected chi connectivity index (χ3v) is 5.14. The summed E-state index contributed by atoms with van der Waals surface area (Å²) in [5, 5.41) is 4.15. The zero-order valence-electron chi connectivity index (χ0n) is 15.2. The van der Waals surface area contributed by atoms with Crippen LogP contribution in [0.5, 0.6) is 0 Å². The number of carbonyl (C=O) groups excluding carboxylic acids is 2. The first kappa shape index (κ1) is 20.1. The van der Waals surface area contributed by atoms with Crippen LogP contribution in [0, 0.1) is 11.3 Å². The Bertz CT molecular complexity index is 647. The van der Waals surface area contributed by atoms with Crippen LogP contribution in [0.4, 0.5) is 0 Å². The summed E-state index contributed by atoms with van der Waals surface area (Å²) in [7, 11) is 0. The number of piperidine rings is 1. The van der Waals surface area contributed by atoms with Crippen molar-refractivity contribution in [2.45, 2.75) is 46.6 Å². The summed E-state index contributed by atoms with van der Waals surface area (Å²) in [5.74, 6) is 0.0894. The maximum absolute atomic E-state index is 12.5. The van der Waals surface area contributed by atoms with Gasteiger partial charge in [0.25, 0.3) is 0 Å². The molecule has 1 saturated heterocycles. The highest BCUT2D eigenvalue weighted by Crippen LogP contribution is 2.28. The molecule has 1 unspecified atom stereocenters. The van der Waals surface area contributed by atoms with Crippen molar-refractivity contribution >= 4 is 35.0 Å². The van der Waals surface area contributed by atoms with Crippen LogP contribution >= 0.6 is 23.2 Å². The van der Waals surface area contributed by atoms with E-state index < -0.39 is 0 Å². The predicted molar refractivity (Wildman–Crippen MR) is 102 cm³/mol. The van der Waals surface area contributed by atoms with Crippen molar-refractivity contribution in [1.29, 1.82) is 0 Å². The molecule has 2 amide bonds. The second-order valence-corrected chi connectivity index (χ2v) is 8.56. The van der Waals surface area contributed by atoms with Gasteiger partial charge in [0.15, 0.2) is 0 Å². The molecule has 4 nitrogen and oxygen atoms in total. The maximum atomic E-state index is 12.5. The minimum atomic E-state index is -0.380. The van der Waals surface area contributed by atoms with Gasteiger partial charge < -0.3 is 10.2 Å². The number of amides is 2. The molecule has 1 aromatic rings. The normalized spacial score (nSPS) is 17.3. The average molecular weight is 385 g/mol. The van der Waals surface area contributed by atoms with Crippen molar-refractivity contribution in [1.82, 2.24) is 10.2 Å². The molecule has 0 bridgehead atoms. The zero-order valence-corrected chi connectivity index (χ0v) is 16.7. The first-order valence-electron chi connectivity index (χ1n) is 8.64. The number of nitrogens with one attached hydrogen (secondary N) is 1. The summed E-state index contributed by atoms with van der Waals surface area (Å²) >= 11 is 12.1. The van der Waals surface area contributed by atoms with Crippen LogP contribution in [0.2, 0.25) is 10.0 Å². The van der Waals surface area contributed by atoms with Gasteiger partial charge in [-0.25, -0.2) is 0 Å². The number of rotatable bonds is 3. The van der Waals surface area contributed by atoms with Crippen LogP contribution in [-0.2, 0) is 9.59 Å². The minimum absolute atomic E-state index is 0.0152. The van der Waals surface area contributed by atoms with Crippen LogP contribution in [0.3, 0.4) is 0 Å². The van der Waals surface area contributed by atoms with E-state index in [0.717, 1.165) is 5.56 Å². The zero-order chi connectivity index (χ0) is 18.8. The van der Waals surface area contributed by atoms with Gasteiger partial charge >= 0.3 is 0 Å². The highest BCUT2D eigenvalue weighted by Gasteiger charge is 2.32. The Kier molecular flexibility index (Phi) is 6.39. The Labute approximate surface area is 159 Å². The van der Waals surface area contributed by atoms with E-state index in [4.69, 9.17) is 23.2 Å². The molecule has 1 fully saturated rings. The summed E-state index contributed by atoms with van der Waals surface area (Å²) in [6.45, 7) is 8.93.